The first kappa shape index (κ1) is 18.8. The lowest BCUT2D eigenvalue weighted by atomic mass is 10.1. The number of methoxy groups -OCH3 is 2. The van der Waals surface area contributed by atoms with E-state index in [9.17, 15) is 9.59 Å². The number of amides is 2. The second-order valence-corrected chi connectivity index (χ2v) is 4.96. The van der Waals surface area contributed by atoms with Crippen molar-refractivity contribution in [3.63, 3.8) is 0 Å². The molecule has 0 radical (unpaired) electrons. The zero-order chi connectivity index (χ0) is 17.2. The Morgan fingerprint density at radius 1 is 1.17 bits per heavy atom. The van der Waals surface area contributed by atoms with Gasteiger partial charge in [0.1, 0.15) is 0 Å². The molecule has 0 fully saturated rings. The first-order valence-electron chi connectivity index (χ1n) is 7.46. The molecule has 0 spiro atoms. The van der Waals surface area contributed by atoms with Gasteiger partial charge in [0.25, 0.3) is 0 Å². The van der Waals surface area contributed by atoms with Crippen LogP contribution in [0, 0.1) is 0 Å². The molecule has 0 aliphatic rings. The van der Waals surface area contributed by atoms with Crippen molar-refractivity contribution in [1.82, 2.24) is 10.6 Å². The van der Waals surface area contributed by atoms with Crippen LogP contribution in [0.1, 0.15) is 18.9 Å². The van der Waals surface area contributed by atoms with Gasteiger partial charge in [0, 0.05) is 6.54 Å². The summed E-state index contributed by atoms with van der Waals surface area (Å²) in [4.78, 5) is 23.3. The van der Waals surface area contributed by atoms with E-state index in [0.29, 0.717) is 30.9 Å². The molecule has 1 aromatic rings. The van der Waals surface area contributed by atoms with Gasteiger partial charge in [0.05, 0.1) is 26.9 Å². The molecule has 7 nitrogen and oxygen atoms in total. The van der Waals surface area contributed by atoms with E-state index in [0.717, 1.165) is 5.56 Å². The van der Waals surface area contributed by atoms with Crippen molar-refractivity contribution in [2.24, 2.45) is 0 Å². The Morgan fingerprint density at radius 2 is 1.87 bits per heavy atom. The number of ether oxygens (including phenoxy) is 2. The quantitative estimate of drug-likeness (QED) is 0.596. The zero-order valence-corrected chi connectivity index (χ0v) is 13.7. The van der Waals surface area contributed by atoms with Gasteiger partial charge in [0.15, 0.2) is 11.5 Å². The lowest BCUT2D eigenvalue weighted by Gasteiger charge is -2.13. The fourth-order valence-electron chi connectivity index (χ4n) is 1.96. The number of aliphatic hydroxyl groups is 1. The van der Waals surface area contributed by atoms with E-state index >= 15 is 0 Å². The van der Waals surface area contributed by atoms with Gasteiger partial charge in [-0.2, -0.15) is 0 Å². The monoisotopic (exact) mass is 324 g/mol. The van der Waals surface area contributed by atoms with Crippen molar-refractivity contribution >= 4 is 11.8 Å². The van der Waals surface area contributed by atoms with Gasteiger partial charge in [-0.1, -0.05) is 13.0 Å². The number of carbonyl (C=O) groups is 2. The second kappa shape index (κ2) is 9.68. The van der Waals surface area contributed by atoms with Gasteiger partial charge in [-0.05, 0) is 30.5 Å². The third-order valence-electron chi connectivity index (χ3n) is 3.40. The Labute approximate surface area is 136 Å². The van der Waals surface area contributed by atoms with Crippen LogP contribution in [0.5, 0.6) is 11.5 Å². The van der Waals surface area contributed by atoms with Crippen LogP contribution in [0.2, 0.25) is 0 Å². The highest BCUT2D eigenvalue weighted by atomic mass is 16.5. The van der Waals surface area contributed by atoms with Crippen LogP contribution in [0.25, 0.3) is 0 Å². The summed E-state index contributed by atoms with van der Waals surface area (Å²) in [7, 11) is 3.12. The molecule has 0 aromatic heterocycles. The summed E-state index contributed by atoms with van der Waals surface area (Å²) in [5.74, 6) is -0.201. The Hall–Kier alpha value is -2.28. The topological polar surface area (TPSA) is 96.9 Å². The van der Waals surface area contributed by atoms with E-state index in [1.807, 2.05) is 19.1 Å². The Morgan fingerprint density at radius 3 is 2.43 bits per heavy atom. The number of aliphatic hydroxyl groups excluding tert-OH is 1. The van der Waals surface area contributed by atoms with Gasteiger partial charge >= 0.3 is 11.8 Å². The molecule has 0 unspecified atom stereocenters. The van der Waals surface area contributed by atoms with Gasteiger partial charge in [-0.15, -0.1) is 0 Å². The highest BCUT2D eigenvalue weighted by Gasteiger charge is 2.16. The minimum absolute atomic E-state index is 0.193. The maximum absolute atomic E-state index is 11.7. The normalized spacial score (nSPS) is 11.5. The van der Waals surface area contributed by atoms with E-state index in [1.54, 1.807) is 20.3 Å². The van der Waals surface area contributed by atoms with Crippen molar-refractivity contribution in [3.05, 3.63) is 23.8 Å². The molecular formula is C16H24N2O5. The summed E-state index contributed by atoms with van der Waals surface area (Å²) >= 11 is 0. The summed E-state index contributed by atoms with van der Waals surface area (Å²) < 4.78 is 10.4. The largest absolute Gasteiger partial charge is 0.493 e. The van der Waals surface area contributed by atoms with E-state index in [-0.39, 0.29) is 6.61 Å². The van der Waals surface area contributed by atoms with Crippen LogP contribution < -0.4 is 20.1 Å². The fourth-order valence-corrected chi connectivity index (χ4v) is 1.96. The highest BCUT2D eigenvalue weighted by molar-refractivity contribution is 6.35. The Bertz CT molecular complexity index is 529. The third-order valence-corrected chi connectivity index (χ3v) is 3.40. The van der Waals surface area contributed by atoms with Crippen molar-refractivity contribution in [1.29, 1.82) is 0 Å². The molecule has 0 aliphatic heterocycles. The van der Waals surface area contributed by atoms with E-state index in [4.69, 9.17) is 14.6 Å². The van der Waals surface area contributed by atoms with Crippen LogP contribution in [-0.2, 0) is 16.0 Å². The van der Waals surface area contributed by atoms with Crippen LogP contribution in [0.3, 0.4) is 0 Å². The molecule has 7 heteroatoms. The molecule has 1 aromatic carbocycles. The van der Waals surface area contributed by atoms with Gasteiger partial charge in [0.2, 0.25) is 0 Å². The average molecular weight is 324 g/mol. The average Bonchev–Trinajstić information content (AvgIpc) is 2.58. The van der Waals surface area contributed by atoms with Crippen molar-refractivity contribution in [2.75, 3.05) is 27.4 Å². The molecule has 1 rings (SSSR count). The summed E-state index contributed by atoms with van der Waals surface area (Å²) in [6.45, 7) is 1.94. The molecule has 0 bridgehead atoms. The molecule has 2 amide bonds. The molecule has 3 N–H and O–H groups in total. The van der Waals surface area contributed by atoms with Crippen molar-refractivity contribution < 1.29 is 24.2 Å². The SMILES string of the molecule is CC[C@H](CO)NC(=O)C(=O)NCCc1ccc(OC)c(OC)c1. The molecular weight excluding hydrogens is 300 g/mol. The molecule has 0 saturated heterocycles. The molecule has 0 heterocycles. The number of hydrogen-bond donors (Lipinski definition) is 3. The van der Waals surface area contributed by atoms with Gasteiger partial charge in [-0.3, -0.25) is 9.59 Å². The molecule has 0 saturated carbocycles. The van der Waals surface area contributed by atoms with Crippen LogP contribution >= 0.6 is 0 Å². The first-order valence-corrected chi connectivity index (χ1v) is 7.46. The third kappa shape index (κ3) is 5.78. The second-order valence-electron chi connectivity index (χ2n) is 4.96. The number of benzene rings is 1. The Kier molecular flexibility index (Phi) is 7.90. The maximum atomic E-state index is 11.7. The smallest absolute Gasteiger partial charge is 0.309 e. The van der Waals surface area contributed by atoms with Gasteiger partial charge < -0.3 is 25.2 Å². The number of nitrogens with one attached hydrogen (secondary N) is 2. The number of rotatable bonds is 8. The fraction of sp³-hybridized carbons (Fsp3) is 0.500. The van der Waals surface area contributed by atoms with E-state index in [1.165, 1.54) is 0 Å². The predicted octanol–water partition coefficient (Wildman–Crippen LogP) is 0.250. The van der Waals surface area contributed by atoms with Crippen molar-refractivity contribution in [2.45, 2.75) is 25.8 Å². The Balaban J connectivity index is 2.47. The standard InChI is InChI=1S/C16H24N2O5/c1-4-12(10-19)18-16(21)15(20)17-8-7-11-5-6-13(22-2)14(9-11)23-3/h5-6,9,12,19H,4,7-8,10H2,1-3H3,(H,17,20)(H,18,21)/t12-/m1/s1. The lowest BCUT2D eigenvalue weighted by molar-refractivity contribution is -0.139. The number of carbonyl (C=O) groups excluding carboxylic acids is 2. The van der Waals surface area contributed by atoms with Crippen LogP contribution in [0.15, 0.2) is 18.2 Å². The first-order chi connectivity index (χ1) is 11.0. The highest BCUT2D eigenvalue weighted by Crippen LogP contribution is 2.27. The lowest BCUT2D eigenvalue weighted by Crippen LogP contribution is -2.46. The van der Waals surface area contributed by atoms with Crippen LogP contribution in [0.4, 0.5) is 0 Å². The van der Waals surface area contributed by atoms with E-state index < -0.39 is 17.9 Å². The predicted molar refractivity (Wildman–Crippen MR) is 85.6 cm³/mol. The van der Waals surface area contributed by atoms with Crippen molar-refractivity contribution in [3.8, 4) is 11.5 Å². The maximum Gasteiger partial charge on any atom is 0.309 e. The summed E-state index contributed by atoms with van der Waals surface area (Å²) in [5.41, 5.74) is 0.949. The zero-order valence-electron chi connectivity index (χ0n) is 13.7. The molecule has 0 aliphatic carbocycles. The van der Waals surface area contributed by atoms with Crippen LogP contribution in [-0.4, -0.2) is 50.3 Å². The summed E-state index contributed by atoms with van der Waals surface area (Å²) in [6, 6.07) is 5.07. The molecule has 23 heavy (non-hydrogen) atoms. The number of hydrogen-bond acceptors (Lipinski definition) is 5. The van der Waals surface area contributed by atoms with E-state index in [2.05, 4.69) is 10.6 Å². The van der Waals surface area contributed by atoms with Gasteiger partial charge in [-0.25, -0.2) is 0 Å². The molecule has 128 valence electrons. The summed E-state index contributed by atoms with van der Waals surface area (Å²) in [6.07, 6.45) is 1.11. The molecule has 1 atom stereocenters. The minimum Gasteiger partial charge on any atom is -0.493 e. The summed E-state index contributed by atoms with van der Waals surface area (Å²) in [5, 5.41) is 14.0. The minimum atomic E-state index is -0.738.